The van der Waals surface area contributed by atoms with E-state index >= 15 is 0 Å². The topological polar surface area (TPSA) is 15.3 Å². The van der Waals surface area contributed by atoms with Crippen molar-refractivity contribution in [2.24, 2.45) is 5.92 Å². The van der Waals surface area contributed by atoms with E-state index in [1.54, 1.807) is 0 Å². The fourth-order valence-electron chi connectivity index (χ4n) is 2.40. The van der Waals surface area contributed by atoms with Gasteiger partial charge in [0, 0.05) is 24.3 Å². The molecule has 1 aromatic rings. The van der Waals surface area contributed by atoms with E-state index in [2.05, 4.69) is 30.3 Å². The van der Waals surface area contributed by atoms with Gasteiger partial charge in [-0.25, -0.2) is 0 Å². The van der Waals surface area contributed by atoms with Crippen LogP contribution in [0.3, 0.4) is 0 Å². The van der Waals surface area contributed by atoms with Crippen LogP contribution in [0.5, 0.6) is 0 Å². The molecule has 1 saturated heterocycles. The summed E-state index contributed by atoms with van der Waals surface area (Å²) in [6.07, 6.45) is 1.29. The van der Waals surface area contributed by atoms with E-state index < -0.39 is 0 Å². The number of rotatable bonds is 3. The maximum absolute atomic E-state index is 5.96. The van der Waals surface area contributed by atoms with E-state index in [4.69, 9.17) is 11.6 Å². The lowest BCUT2D eigenvalue weighted by molar-refractivity contribution is 0.578. The van der Waals surface area contributed by atoms with Gasteiger partial charge in [0.25, 0.3) is 0 Å². The molecule has 0 aliphatic carbocycles. The molecule has 1 N–H and O–H groups in total. The average Bonchev–Trinajstić information content (AvgIpc) is 2.70. The number of anilines is 1. The highest BCUT2D eigenvalue weighted by Crippen LogP contribution is 2.24. The van der Waals surface area contributed by atoms with Gasteiger partial charge in [-0.2, -0.15) is 0 Å². The Bertz CT molecular complexity index is 359. The number of nitrogens with zero attached hydrogens (tertiary/aromatic N) is 1. The Hall–Kier alpha value is -0.730. The van der Waals surface area contributed by atoms with Crippen molar-refractivity contribution >= 4 is 17.3 Å². The SMILES string of the molecule is Cc1cc(Cl)ccc1N(C)CC1CCNC1. The minimum atomic E-state index is 0.778. The van der Waals surface area contributed by atoms with E-state index in [1.165, 1.54) is 17.7 Å². The minimum Gasteiger partial charge on any atom is -0.374 e. The first-order valence-electron chi connectivity index (χ1n) is 5.85. The second-order valence-corrected chi connectivity index (χ2v) is 5.11. The molecule has 1 aromatic carbocycles. The molecule has 1 unspecified atom stereocenters. The number of nitrogens with one attached hydrogen (secondary N) is 1. The van der Waals surface area contributed by atoms with Gasteiger partial charge >= 0.3 is 0 Å². The fraction of sp³-hybridized carbons (Fsp3) is 0.538. The van der Waals surface area contributed by atoms with Gasteiger partial charge < -0.3 is 10.2 Å². The van der Waals surface area contributed by atoms with Crippen molar-refractivity contribution in [1.82, 2.24) is 5.32 Å². The predicted octanol–water partition coefficient (Wildman–Crippen LogP) is 2.69. The quantitative estimate of drug-likeness (QED) is 0.871. The molecule has 1 aliphatic heterocycles. The Kier molecular flexibility index (Phi) is 3.72. The maximum Gasteiger partial charge on any atom is 0.0410 e. The molecule has 16 heavy (non-hydrogen) atoms. The zero-order valence-electron chi connectivity index (χ0n) is 9.96. The van der Waals surface area contributed by atoms with Crippen LogP contribution in [-0.2, 0) is 0 Å². The summed E-state index contributed by atoms with van der Waals surface area (Å²) in [6, 6.07) is 6.10. The van der Waals surface area contributed by atoms with Crippen molar-refractivity contribution in [1.29, 1.82) is 0 Å². The normalized spacial score (nSPS) is 20.1. The molecule has 1 atom stereocenters. The third-order valence-electron chi connectivity index (χ3n) is 3.26. The number of hydrogen-bond acceptors (Lipinski definition) is 2. The molecule has 0 amide bonds. The molecular formula is C13H19ClN2. The van der Waals surface area contributed by atoms with Crippen LogP contribution in [0.25, 0.3) is 0 Å². The molecule has 1 heterocycles. The minimum absolute atomic E-state index is 0.778. The number of benzene rings is 1. The summed E-state index contributed by atoms with van der Waals surface area (Å²) in [5, 5.41) is 4.22. The Morgan fingerprint density at radius 2 is 2.31 bits per heavy atom. The van der Waals surface area contributed by atoms with E-state index in [9.17, 15) is 0 Å². The van der Waals surface area contributed by atoms with Crippen molar-refractivity contribution in [3.63, 3.8) is 0 Å². The van der Waals surface area contributed by atoms with Crippen LogP contribution in [-0.4, -0.2) is 26.7 Å². The first kappa shape index (κ1) is 11.7. The lowest BCUT2D eigenvalue weighted by Gasteiger charge is -2.24. The van der Waals surface area contributed by atoms with Crippen LogP contribution in [0, 0.1) is 12.8 Å². The summed E-state index contributed by atoms with van der Waals surface area (Å²) in [4.78, 5) is 2.34. The summed E-state index contributed by atoms with van der Waals surface area (Å²) in [6.45, 7) is 5.55. The lowest BCUT2D eigenvalue weighted by atomic mass is 10.1. The molecule has 2 rings (SSSR count). The van der Waals surface area contributed by atoms with Crippen molar-refractivity contribution in [2.45, 2.75) is 13.3 Å². The number of halogens is 1. The van der Waals surface area contributed by atoms with Crippen molar-refractivity contribution in [2.75, 3.05) is 31.6 Å². The molecule has 0 aromatic heterocycles. The van der Waals surface area contributed by atoms with Crippen LogP contribution < -0.4 is 10.2 Å². The smallest absolute Gasteiger partial charge is 0.0410 e. The van der Waals surface area contributed by atoms with Gasteiger partial charge in [0.15, 0.2) is 0 Å². The molecule has 0 radical (unpaired) electrons. The molecular weight excluding hydrogens is 220 g/mol. The summed E-state index contributed by atoms with van der Waals surface area (Å²) in [5.74, 6) is 0.778. The van der Waals surface area contributed by atoms with Crippen LogP contribution in [0.4, 0.5) is 5.69 Å². The first-order valence-corrected chi connectivity index (χ1v) is 6.22. The second kappa shape index (κ2) is 5.07. The highest BCUT2D eigenvalue weighted by molar-refractivity contribution is 6.30. The molecule has 88 valence electrons. The van der Waals surface area contributed by atoms with Gasteiger partial charge in [-0.15, -0.1) is 0 Å². The second-order valence-electron chi connectivity index (χ2n) is 4.67. The average molecular weight is 239 g/mol. The van der Waals surface area contributed by atoms with E-state index in [0.717, 1.165) is 30.6 Å². The monoisotopic (exact) mass is 238 g/mol. The molecule has 0 bridgehead atoms. The summed E-state index contributed by atoms with van der Waals surface area (Å²) in [5.41, 5.74) is 2.54. The van der Waals surface area contributed by atoms with E-state index in [0.29, 0.717) is 0 Å². The zero-order chi connectivity index (χ0) is 11.5. The number of aryl methyl sites for hydroxylation is 1. The summed E-state index contributed by atoms with van der Waals surface area (Å²) < 4.78 is 0. The van der Waals surface area contributed by atoms with Gasteiger partial charge in [-0.3, -0.25) is 0 Å². The molecule has 2 nitrogen and oxygen atoms in total. The fourth-order valence-corrected chi connectivity index (χ4v) is 2.63. The van der Waals surface area contributed by atoms with Gasteiger partial charge in [-0.05, 0) is 56.1 Å². The van der Waals surface area contributed by atoms with Crippen molar-refractivity contribution < 1.29 is 0 Å². The van der Waals surface area contributed by atoms with Gasteiger partial charge in [-0.1, -0.05) is 11.6 Å². The molecule has 1 fully saturated rings. The van der Waals surface area contributed by atoms with E-state index in [1.807, 2.05) is 12.1 Å². The summed E-state index contributed by atoms with van der Waals surface area (Å²) >= 11 is 5.96. The highest BCUT2D eigenvalue weighted by atomic mass is 35.5. The van der Waals surface area contributed by atoms with Crippen LogP contribution in [0.1, 0.15) is 12.0 Å². The molecule has 0 spiro atoms. The molecule has 0 saturated carbocycles. The Labute approximate surface area is 103 Å². The van der Waals surface area contributed by atoms with Crippen molar-refractivity contribution in [3.8, 4) is 0 Å². The van der Waals surface area contributed by atoms with Gasteiger partial charge in [0.05, 0.1) is 0 Å². The summed E-state index contributed by atoms with van der Waals surface area (Å²) in [7, 11) is 2.16. The van der Waals surface area contributed by atoms with E-state index in [-0.39, 0.29) is 0 Å². The Morgan fingerprint density at radius 1 is 1.50 bits per heavy atom. The van der Waals surface area contributed by atoms with Gasteiger partial charge in [0.1, 0.15) is 0 Å². The maximum atomic E-state index is 5.96. The standard InChI is InChI=1S/C13H19ClN2/c1-10-7-12(14)3-4-13(10)16(2)9-11-5-6-15-8-11/h3-4,7,11,15H,5-6,8-9H2,1-2H3. The van der Waals surface area contributed by atoms with Gasteiger partial charge in [0.2, 0.25) is 0 Å². The predicted molar refractivity (Wildman–Crippen MR) is 70.4 cm³/mol. The third kappa shape index (κ3) is 2.69. The van der Waals surface area contributed by atoms with Crippen molar-refractivity contribution in [3.05, 3.63) is 28.8 Å². The lowest BCUT2D eigenvalue weighted by Crippen LogP contribution is -2.27. The number of hydrogen-bond donors (Lipinski definition) is 1. The molecule has 3 heteroatoms. The largest absolute Gasteiger partial charge is 0.374 e. The molecule has 1 aliphatic rings. The van der Waals surface area contributed by atoms with Crippen LogP contribution in [0.15, 0.2) is 18.2 Å². The Balaban J connectivity index is 2.04. The highest BCUT2D eigenvalue weighted by Gasteiger charge is 2.17. The third-order valence-corrected chi connectivity index (χ3v) is 3.50. The Morgan fingerprint density at radius 3 is 2.94 bits per heavy atom. The van der Waals surface area contributed by atoms with Crippen LogP contribution in [0.2, 0.25) is 5.02 Å². The first-order chi connectivity index (χ1) is 7.66. The van der Waals surface area contributed by atoms with Crippen LogP contribution >= 0.6 is 11.6 Å². The zero-order valence-corrected chi connectivity index (χ0v) is 10.7.